The molecule has 2 N–H and O–H groups in total. The number of hydrogen-bond donors (Lipinski definition) is 2. The fourth-order valence-electron chi connectivity index (χ4n) is 2.30. The van der Waals surface area contributed by atoms with Gasteiger partial charge in [-0.3, -0.25) is 9.59 Å². The Labute approximate surface area is 159 Å². The number of halogens is 4. The van der Waals surface area contributed by atoms with E-state index in [0.29, 0.717) is 11.8 Å². The van der Waals surface area contributed by atoms with Crippen molar-refractivity contribution in [3.8, 4) is 0 Å². The van der Waals surface area contributed by atoms with Crippen molar-refractivity contribution in [2.45, 2.75) is 33.5 Å². The van der Waals surface area contributed by atoms with E-state index in [1.807, 2.05) is 0 Å². The van der Waals surface area contributed by atoms with Crippen LogP contribution in [-0.4, -0.2) is 11.8 Å². The van der Waals surface area contributed by atoms with E-state index in [1.54, 1.807) is 32.9 Å². The molecule has 2 aromatic rings. The largest absolute Gasteiger partial charge is 0.416 e. The molecule has 0 aliphatic carbocycles. The highest BCUT2D eigenvalue weighted by atomic mass is 19.4. The SMILES string of the molecule is CC(C)(C)C(=O)Nc1cccc(C(=O)NCc2ccc(F)cc2C(F)(F)F)c1. The van der Waals surface area contributed by atoms with Crippen molar-refractivity contribution < 1.29 is 27.2 Å². The first-order valence-corrected chi connectivity index (χ1v) is 8.43. The van der Waals surface area contributed by atoms with E-state index >= 15 is 0 Å². The summed E-state index contributed by atoms with van der Waals surface area (Å²) in [6.07, 6.45) is -4.74. The van der Waals surface area contributed by atoms with Crippen LogP contribution < -0.4 is 10.6 Å². The molecular weight excluding hydrogens is 376 g/mol. The Morgan fingerprint density at radius 2 is 1.68 bits per heavy atom. The summed E-state index contributed by atoms with van der Waals surface area (Å²) < 4.78 is 52.2. The van der Waals surface area contributed by atoms with Gasteiger partial charge in [0.05, 0.1) is 5.56 Å². The van der Waals surface area contributed by atoms with Gasteiger partial charge in [-0.15, -0.1) is 0 Å². The summed E-state index contributed by atoms with van der Waals surface area (Å²) in [5, 5.41) is 5.06. The molecule has 0 atom stereocenters. The van der Waals surface area contributed by atoms with E-state index < -0.39 is 35.4 Å². The molecule has 0 bridgehead atoms. The molecule has 0 aliphatic rings. The molecule has 2 rings (SSSR count). The van der Waals surface area contributed by atoms with E-state index in [2.05, 4.69) is 10.6 Å². The van der Waals surface area contributed by atoms with Crippen molar-refractivity contribution in [1.82, 2.24) is 5.32 Å². The molecule has 2 aromatic carbocycles. The minimum Gasteiger partial charge on any atom is -0.348 e. The maximum atomic E-state index is 13.2. The molecule has 0 spiro atoms. The van der Waals surface area contributed by atoms with Crippen LogP contribution >= 0.6 is 0 Å². The average molecular weight is 396 g/mol. The van der Waals surface area contributed by atoms with E-state index in [0.717, 1.165) is 12.1 Å². The zero-order chi connectivity index (χ0) is 21.1. The molecular formula is C20H20F4N2O2. The first-order valence-electron chi connectivity index (χ1n) is 8.43. The van der Waals surface area contributed by atoms with Crippen LogP contribution in [0.3, 0.4) is 0 Å². The number of alkyl halides is 3. The average Bonchev–Trinajstić information content (AvgIpc) is 2.59. The van der Waals surface area contributed by atoms with Crippen molar-refractivity contribution in [3.63, 3.8) is 0 Å². The Morgan fingerprint density at radius 1 is 1.00 bits per heavy atom. The van der Waals surface area contributed by atoms with Crippen molar-refractivity contribution in [1.29, 1.82) is 0 Å². The number of hydrogen-bond acceptors (Lipinski definition) is 2. The maximum absolute atomic E-state index is 13.2. The van der Waals surface area contributed by atoms with Crippen LogP contribution in [0.4, 0.5) is 23.2 Å². The van der Waals surface area contributed by atoms with E-state index in [1.165, 1.54) is 12.1 Å². The number of carbonyl (C=O) groups is 2. The first kappa shape index (κ1) is 21.4. The topological polar surface area (TPSA) is 58.2 Å². The Kier molecular flexibility index (Phi) is 6.11. The molecule has 0 unspecified atom stereocenters. The number of benzene rings is 2. The molecule has 0 fully saturated rings. The minimum absolute atomic E-state index is 0.169. The van der Waals surface area contributed by atoms with Gasteiger partial charge in [0.2, 0.25) is 5.91 Å². The fraction of sp³-hybridized carbons (Fsp3) is 0.300. The highest BCUT2D eigenvalue weighted by Crippen LogP contribution is 2.32. The van der Waals surface area contributed by atoms with Crippen LogP contribution in [0.15, 0.2) is 42.5 Å². The highest BCUT2D eigenvalue weighted by Gasteiger charge is 2.33. The lowest BCUT2D eigenvalue weighted by Gasteiger charge is -2.18. The summed E-state index contributed by atoms with van der Waals surface area (Å²) in [4.78, 5) is 24.3. The quantitative estimate of drug-likeness (QED) is 0.732. The van der Waals surface area contributed by atoms with Gasteiger partial charge in [-0.2, -0.15) is 13.2 Å². The second-order valence-corrected chi connectivity index (χ2v) is 7.27. The third-order valence-electron chi connectivity index (χ3n) is 3.88. The highest BCUT2D eigenvalue weighted by molar-refractivity contribution is 5.98. The monoisotopic (exact) mass is 396 g/mol. The summed E-state index contributed by atoms with van der Waals surface area (Å²) in [6, 6.07) is 8.32. The Morgan fingerprint density at radius 3 is 2.29 bits per heavy atom. The third-order valence-corrected chi connectivity index (χ3v) is 3.88. The Balaban J connectivity index is 2.13. The molecule has 0 aromatic heterocycles. The maximum Gasteiger partial charge on any atom is 0.416 e. The van der Waals surface area contributed by atoms with Gasteiger partial charge in [-0.05, 0) is 35.9 Å². The summed E-state index contributed by atoms with van der Waals surface area (Å²) in [7, 11) is 0. The van der Waals surface area contributed by atoms with Crippen LogP contribution in [0, 0.1) is 11.2 Å². The van der Waals surface area contributed by atoms with Crippen LogP contribution in [0.2, 0.25) is 0 Å². The van der Waals surface area contributed by atoms with E-state index in [-0.39, 0.29) is 17.0 Å². The van der Waals surface area contributed by atoms with Crippen molar-refractivity contribution >= 4 is 17.5 Å². The van der Waals surface area contributed by atoms with Gasteiger partial charge in [0.1, 0.15) is 5.82 Å². The number of anilines is 1. The summed E-state index contributed by atoms with van der Waals surface area (Å²) in [5.41, 5.74) is -1.46. The Hall–Kier alpha value is -2.90. The van der Waals surface area contributed by atoms with Gasteiger partial charge >= 0.3 is 6.18 Å². The van der Waals surface area contributed by atoms with Gasteiger partial charge in [-0.1, -0.05) is 32.9 Å². The van der Waals surface area contributed by atoms with Crippen LogP contribution in [0.25, 0.3) is 0 Å². The fourth-order valence-corrected chi connectivity index (χ4v) is 2.30. The van der Waals surface area contributed by atoms with Gasteiger partial charge in [0, 0.05) is 23.2 Å². The molecule has 2 amide bonds. The molecule has 0 aliphatic heterocycles. The zero-order valence-corrected chi connectivity index (χ0v) is 15.6. The van der Waals surface area contributed by atoms with Crippen LogP contribution in [-0.2, 0) is 17.5 Å². The minimum atomic E-state index is -4.74. The summed E-state index contributed by atoms with van der Waals surface area (Å²) >= 11 is 0. The van der Waals surface area contributed by atoms with Crippen LogP contribution in [0.5, 0.6) is 0 Å². The van der Waals surface area contributed by atoms with Crippen LogP contribution in [0.1, 0.15) is 42.3 Å². The van der Waals surface area contributed by atoms with Crippen molar-refractivity contribution in [3.05, 3.63) is 65.0 Å². The molecule has 8 heteroatoms. The van der Waals surface area contributed by atoms with Crippen molar-refractivity contribution in [2.75, 3.05) is 5.32 Å². The zero-order valence-electron chi connectivity index (χ0n) is 15.6. The molecule has 150 valence electrons. The smallest absolute Gasteiger partial charge is 0.348 e. The van der Waals surface area contributed by atoms with E-state index in [9.17, 15) is 27.2 Å². The number of carbonyl (C=O) groups excluding carboxylic acids is 2. The van der Waals surface area contributed by atoms with Gasteiger partial charge < -0.3 is 10.6 Å². The second kappa shape index (κ2) is 8.00. The lowest BCUT2D eigenvalue weighted by molar-refractivity contribution is -0.138. The molecule has 0 saturated heterocycles. The lowest BCUT2D eigenvalue weighted by Crippen LogP contribution is -2.28. The number of amides is 2. The first-order chi connectivity index (χ1) is 12.9. The lowest BCUT2D eigenvalue weighted by atomic mass is 9.95. The molecule has 0 radical (unpaired) electrons. The standard InChI is InChI=1S/C20H20F4N2O2/c1-19(2,3)18(28)26-15-6-4-5-12(9-15)17(27)25-11-13-7-8-14(21)10-16(13)20(22,23)24/h4-10H,11H2,1-3H3,(H,25,27)(H,26,28). The Bertz CT molecular complexity index is 887. The molecule has 0 heterocycles. The molecule has 0 saturated carbocycles. The third kappa shape index (κ3) is 5.55. The predicted octanol–water partition coefficient (Wildman–Crippen LogP) is 4.76. The molecule has 4 nitrogen and oxygen atoms in total. The predicted molar refractivity (Wildman–Crippen MR) is 97.1 cm³/mol. The number of rotatable bonds is 4. The molecule has 28 heavy (non-hydrogen) atoms. The van der Waals surface area contributed by atoms with Gasteiger partial charge in [0.15, 0.2) is 0 Å². The normalized spacial score (nSPS) is 11.8. The summed E-state index contributed by atoms with van der Waals surface area (Å²) in [6.45, 7) is 4.78. The second-order valence-electron chi connectivity index (χ2n) is 7.27. The number of nitrogens with one attached hydrogen (secondary N) is 2. The van der Waals surface area contributed by atoms with Crippen molar-refractivity contribution in [2.24, 2.45) is 5.41 Å². The van der Waals surface area contributed by atoms with Gasteiger partial charge in [0.25, 0.3) is 5.91 Å². The van der Waals surface area contributed by atoms with Gasteiger partial charge in [-0.25, -0.2) is 4.39 Å². The summed E-state index contributed by atoms with van der Waals surface area (Å²) in [5.74, 6) is -1.87. The van der Waals surface area contributed by atoms with E-state index in [4.69, 9.17) is 0 Å².